The standard InChI is InChI=1S/C10H19N5O/c1-10(2,3)14-8-7-12-15-9(13-8)11-5-6-16-4/h7H,5-6H2,1-4H3,(H2,11,13,14,15). The first-order valence-electron chi connectivity index (χ1n) is 5.22. The molecule has 0 spiro atoms. The minimum Gasteiger partial charge on any atom is -0.383 e. The number of nitrogens with zero attached hydrogens (tertiary/aromatic N) is 3. The Balaban J connectivity index is 2.57. The summed E-state index contributed by atoms with van der Waals surface area (Å²) in [6, 6.07) is 0. The lowest BCUT2D eigenvalue weighted by Crippen LogP contribution is -2.27. The zero-order chi connectivity index (χ0) is 12.0. The number of methoxy groups -OCH3 is 1. The van der Waals surface area contributed by atoms with Crippen molar-refractivity contribution in [1.82, 2.24) is 15.2 Å². The van der Waals surface area contributed by atoms with Crippen molar-refractivity contribution in [2.24, 2.45) is 0 Å². The van der Waals surface area contributed by atoms with Gasteiger partial charge in [-0.2, -0.15) is 10.1 Å². The van der Waals surface area contributed by atoms with Crippen molar-refractivity contribution in [3.8, 4) is 0 Å². The van der Waals surface area contributed by atoms with Crippen LogP contribution in [-0.4, -0.2) is 41.0 Å². The summed E-state index contributed by atoms with van der Waals surface area (Å²) in [6.07, 6.45) is 1.60. The monoisotopic (exact) mass is 225 g/mol. The third kappa shape index (κ3) is 4.88. The summed E-state index contributed by atoms with van der Waals surface area (Å²) in [5, 5.41) is 14.0. The van der Waals surface area contributed by atoms with E-state index in [0.29, 0.717) is 24.9 Å². The van der Waals surface area contributed by atoms with Crippen molar-refractivity contribution in [3.63, 3.8) is 0 Å². The molecular weight excluding hydrogens is 206 g/mol. The third-order valence-electron chi connectivity index (χ3n) is 1.65. The molecule has 0 radical (unpaired) electrons. The number of rotatable bonds is 5. The highest BCUT2D eigenvalue weighted by Crippen LogP contribution is 2.11. The third-order valence-corrected chi connectivity index (χ3v) is 1.65. The van der Waals surface area contributed by atoms with Gasteiger partial charge in [0, 0.05) is 19.2 Å². The molecule has 0 saturated heterocycles. The zero-order valence-electron chi connectivity index (χ0n) is 10.2. The van der Waals surface area contributed by atoms with E-state index >= 15 is 0 Å². The Kier molecular flexibility index (Phi) is 4.42. The van der Waals surface area contributed by atoms with Crippen molar-refractivity contribution in [2.75, 3.05) is 30.9 Å². The highest BCUT2D eigenvalue weighted by atomic mass is 16.5. The molecular formula is C10H19N5O. The van der Waals surface area contributed by atoms with Gasteiger partial charge in [-0.05, 0) is 20.8 Å². The molecule has 0 atom stereocenters. The summed E-state index contributed by atoms with van der Waals surface area (Å²) in [5.41, 5.74) is -0.0418. The Morgan fingerprint density at radius 2 is 2.12 bits per heavy atom. The maximum atomic E-state index is 4.92. The molecule has 1 aromatic heterocycles. The molecule has 0 aromatic carbocycles. The van der Waals surface area contributed by atoms with Gasteiger partial charge in [-0.25, -0.2) is 0 Å². The van der Waals surface area contributed by atoms with Crippen LogP contribution in [-0.2, 0) is 4.74 Å². The Bertz CT molecular complexity index is 323. The predicted octanol–water partition coefficient (Wildman–Crippen LogP) is 1.14. The van der Waals surface area contributed by atoms with Gasteiger partial charge in [0.2, 0.25) is 5.95 Å². The van der Waals surface area contributed by atoms with Gasteiger partial charge in [-0.1, -0.05) is 0 Å². The van der Waals surface area contributed by atoms with Crippen LogP contribution in [0.1, 0.15) is 20.8 Å². The molecule has 0 aliphatic rings. The van der Waals surface area contributed by atoms with Crippen molar-refractivity contribution < 1.29 is 4.74 Å². The van der Waals surface area contributed by atoms with Gasteiger partial charge in [0.05, 0.1) is 12.8 Å². The molecule has 2 N–H and O–H groups in total. The van der Waals surface area contributed by atoms with E-state index in [0.717, 1.165) is 0 Å². The van der Waals surface area contributed by atoms with Crippen LogP contribution >= 0.6 is 0 Å². The number of ether oxygens (including phenoxy) is 1. The van der Waals surface area contributed by atoms with Gasteiger partial charge in [0.15, 0.2) is 5.82 Å². The van der Waals surface area contributed by atoms with Crippen molar-refractivity contribution in [2.45, 2.75) is 26.3 Å². The van der Waals surface area contributed by atoms with E-state index in [2.05, 4.69) is 46.6 Å². The van der Waals surface area contributed by atoms with E-state index in [4.69, 9.17) is 4.74 Å². The quantitative estimate of drug-likeness (QED) is 0.732. The Morgan fingerprint density at radius 3 is 2.75 bits per heavy atom. The molecule has 0 amide bonds. The van der Waals surface area contributed by atoms with Crippen molar-refractivity contribution >= 4 is 11.8 Å². The molecule has 0 bridgehead atoms. The fourth-order valence-electron chi connectivity index (χ4n) is 1.09. The molecule has 0 saturated carbocycles. The highest BCUT2D eigenvalue weighted by Gasteiger charge is 2.10. The first kappa shape index (κ1) is 12.6. The van der Waals surface area contributed by atoms with E-state index in [1.165, 1.54) is 0 Å². The summed E-state index contributed by atoms with van der Waals surface area (Å²) in [7, 11) is 1.65. The van der Waals surface area contributed by atoms with Crippen LogP contribution in [0.2, 0.25) is 0 Å². The fourth-order valence-corrected chi connectivity index (χ4v) is 1.09. The minimum atomic E-state index is -0.0418. The largest absolute Gasteiger partial charge is 0.383 e. The lowest BCUT2D eigenvalue weighted by atomic mass is 10.1. The van der Waals surface area contributed by atoms with E-state index < -0.39 is 0 Å². The van der Waals surface area contributed by atoms with Gasteiger partial charge in [-0.15, -0.1) is 5.10 Å². The summed E-state index contributed by atoms with van der Waals surface area (Å²) in [4.78, 5) is 4.28. The zero-order valence-corrected chi connectivity index (χ0v) is 10.2. The van der Waals surface area contributed by atoms with Crippen LogP contribution in [0.3, 0.4) is 0 Å². The Labute approximate surface area is 95.8 Å². The van der Waals surface area contributed by atoms with Crippen LogP contribution in [0.5, 0.6) is 0 Å². The van der Waals surface area contributed by atoms with Gasteiger partial charge >= 0.3 is 0 Å². The Morgan fingerprint density at radius 1 is 1.38 bits per heavy atom. The first-order chi connectivity index (χ1) is 7.51. The molecule has 90 valence electrons. The SMILES string of the molecule is COCCNc1nncc(NC(C)(C)C)n1. The van der Waals surface area contributed by atoms with E-state index in [1.54, 1.807) is 13.3 Å². The topological polar surface area (TPSA) is 72.0 Å². The summed E-state index contributed by atoms with van der Waals surface area (Å²) in [6.45, 7) is 7.46. The molecule has 0 fully saturated rings. The van der Waals surface area contributed by atoms with E-state index in [9.17, 15) is 0 Å². The average Bonchev–Trinajstić information content (AvgIpc) is 2.16. The second kappa shape index (κ2) is 5.60. The molecule has 0 unspecified atom stereocenters. The number of aromatic nitrogens is 3. The minimum absolute atomic E-state index is 0.0418. The van der Waals surface area contributed by atoms with Crippen LogP contribution in [0.4, 0.5) is 11.8 Å². The van der Waals surface area contributed by atoms with E-state index in [1.807, 2.05) is 0 Å². The molecule has 0 aliphatic carbocycles. The van der Waals surface area contributed by atoms with Crippen molar-refractivity contribution in [1.29, 1.82) is 0 Å². The lowest BCUT2D eigenvalue weighted by molar-refractivity contribution is 0.210. The molecule has 16 heavy (non-hydrogen) atoms. The maximum Gasteiger partial charge on any atom is 0.244 e. The number of hydrogen-bond donors (Lipinski definition) is 2. The molecule has 1 aromatic rings. The number of anilines is 2. The average molecular weight is 225 g/mol. The Hall–Kier alpha value is -1.43. The normalized spacial score (nSPS) is 11.2. The highest BCUT2D eigenvalue weighted by molar-refractivity contribution is 5.38. The molecule has 6 heteroatoms. The summed E-state index contributed by atoms with van der Waals surface area (Å²) >= 11 is 0. The maximum absolute atomic E-state index is 4.92. The molecule has 0 aliphatic heterocycles. The summed E-state index contributed by atoms with van der Waals surface area (Å²) in [5.74, 6) is 1.22. The number of hydrogen-bond acceptors (Lipinski definition) is 6. The van der Waals surface area contributed by atoms with Gasteiger partial charge in [0.25, 0.3) is 0 Å². The van der Waals surface area contributed by atoms with Crippen LogP contribution in [0.25, 0.3) is 0 Å². The van der Waals surface area contributed by atoms with Gasteiger partial charge in [-0.3, -0.25) is 0 Å². The molecule has 6 nitrogen and oxygen atoms in total. The van der Waals surface area contributed by atoms with Crippen LogP contribution < -0.4 is 10.6 Å². The van der Waals surface area contributed by atoms with Crippen LogP contribution in [0.15, 0.2) is 6.20 Å². The smallest absolute Gasteiger partial charge is 0.244 e. The summed E-state index contributed by atoms with van der Waals surface area (Å²) < 4.78 is 4.92. The molecule has 1 rings (SSSR count). The fraction of sp³-hybridized carbons (Fsp3) is 0.700. The van der Waals surface area contributed by atoms with E-state index in [-0.39, 0.29) is 5.54 Å². The second-order valence-electron chi connectivity index (χ2n) is 4.46. The first-order valence-corrected chi connectivity index (χ1v) is 5.22. The van der Waals surface area contributed by atoms with Crippen LogP contribution in [0, 0.1) is 0 Å². The van der Waals surface area contributed by atoms with Crippen molar-refractivity contribution in [3.05, 3.63) is 6.20 Å². The lowest BCUT2D eigenvalue weighted by Gasteiger charge is -2.20. The number of nitrogens with one attached hydrogen (secondary N) is 2. The predicted molar refractivity (Wildman–Crippen MR) is 63.6 cm³/mol. The van der Waals surface area contributed by atoms with Gasteiger partial charge < -0.3 is 15.4 Å². The molecule has 1 heterocycles. The van der Waals surface area contributed by atoms with Gasteiger partial charge in [0.1, 0.15) is 0 Å². The second-order valence-corrected chi connectivity index (χ2v) is 4.46.